The first-order valence-corrected chi connectivity index (χ1v) is 9.74. The Morgan fingerprint density at radius 2 is 1.88 bits per heavy atom. The van der Waals surface area contributed by atoms with Crippen LogP contribution in [0.4, 0.5) is 5.82 Å². The molecular formula is C17H22N4O3S. The number of amides is 1. The number of anilines is 1. The third kappa shape index (κ3) is 3.74. The first-order chi connectivity index (χ1) is 11.9. The van der Waals surface area contributed by atoms with E-state index >= 15 is 0 Å². The molecule has 25 heavy (non-hydrogen) atoms. The maximum Gasteiger partial charge on any atom is 0.256 e. The molecule has 1 fully saturated rings. The zero-order chi connectivity index (χ0) is 18.0. The first-order valence-electron chi connectivity index (χ1n) is 8.30. The fourth-order valence-corrected chi connectivity index (χ4v) is 4.53. The molecule has 0 bridgehead atoms. The fraction of sp³-hybridized carbons (Fsp3) is 0.412. The highest BCUT2D eigenvalue weighted by Gasteiger charge is 2.26. The summed E-state index contributed by atoms with van der Waals surface area (Å²) in [5, 5.41) is 6.93. The molecule has 0 radical (unpaired) electrons. The molecule has 0 unspecified atom stereocenters. The van der Waals surface area contributed by atoms with Crippen molar-refractivity contribution >= 4 is 21.7 Å². The Kier molecular flexibility index (Phi) is 4.91. The Morgan fingerprint density at radius 3 is 2.52 bits per heavy atom. The van der Waals surface area contributed by atoms with Crippen molar-refractivity contribution in [2.45, 2.75) is 31.1 Å². The van der Waals surface area contributed by atoms with E-state index in [-0.39, 0.29) is 10.8 Å². The number of hydrogen-bond acceptors (Lipinski definition) is 4. The number of nitrogens with zero attached hydrogens (tertiary/aromatic N) is 3. The van der Waals surface area contributed by atoms with Gasteiger partial charge in [0, 0.05) is 31.8 Å². The summed E-state index contributed by atoms with van der Waals surface area (Å²) in [6.45, 7) is 2.90. The van der Waals surface area contributed by atoms with E-state index < -0.39 is 10.0 Å². The molecule has 7 nitrogen and oxygen atoms in total. The van der Waals surface area contributed by atoms with Crippen molar-refractivity contribution in [1.82, 2.24) is 14.1 Å². The molecule has 134 valence electrons. The summed E-state index contributed by atoms with van der Waals surface area (Å²) in [4.78, 5) is 12.6. The minimum atomic E-state index is -3.56. The Balaban J connectivity index is 1.83. The van der Waals surface area contributed by atoms with Gasteiger partial charge in [0.15, 0.2) is 0 Å². The number of carbonyl (C=O) groups is 1. The van der Waals surface area contributed by atoms with Gasteiger partial charge in [0.1, 0.15) is 5.82 Å². The van der Waals surface area contributed by atoms with E-state index in [1.165, 1.54) is 16.4 Å². The van der Waals surface area contributed by atoms with Crippen LogP contribution in [0.15, 0.2) is 35.2 Å². The van der Waals surface area contributed by atoms with Crippen LogP contribution in [0.25, 0.3) is 0 Å². The lowest BCUT2D eigenvalue weighted by Crippen LogP contribution is -2.35. The van der Waals surface area contributed by atoms with Gasteiger partial charge in [0.05, 0.1) is 10.6 Å². The van der Waals surface area contributed by atoms with E-state index in [0.717, 1.165) is 25.0 Å². The molecule has 1 aromatic heterocycles. The van der Waals surface area contributed by atoms with Gasteiger partial charge in [-0.05, 0) is 38.0 Å². The third-order valence-corrected chi connectivity index (χ3v) is 6.19. The first kappa shape index (κ1) is 17.6. The molecule has 1 aliphatic heterocycles. The van der Waals surface area contributed by atoms with Gasteiger partial charge in [-0.3, -0.25) is 9.48 Å². The quantitative estimate of drug-likeness (QED) is 0.903. The summed E-state index contributed by atoms with van der Waals surface area (Å²) in [6, 6.07) is 7.93. The van der Waals surface area contributed by atoms with Gasteiger partial charge in [-0.1, -0.05) is 12.5 Å². The number of piperidine rings is 1. The number of aryl methyl sites for hydroxylation is 2. The second kappa shape index (κ2) is 6.97. The number of benzene rings is 1. The summed E-state index contributed by atoms with van der Waals surface area (Å²) >= 11 is 0. The van der Waals surface area contributed by atoms with Crippen molar-refractivity contribution in [2.75, 3.05) is 18.4 Å². The van der Waals surface area contributed by atoms with E-state index in [1.54, 1.807) is 29.9 Å². The zero-order valence-corrected chi connectivity index (χ0v) is 15.2. The van der Waals surface area contributed by atoms with Crippen molar-refractivity contribution in [3.63, 3.8) is 0 Å². The lowest BCUT2D eigenvalue weighted by atomic mass is 10.2. The Hall–Kier alpha value is -2.19. The molecule has 0 saturated carbocycles. The van der Waals surface area contributed by atoms with E-state index in [1.807, 2.05) is 6.92 Å². The maximum atomic E-state index is 12.8. The van der Waals surface area contributed by atoms with Gasteiger partial charge < -0.3 is 5.32 Å². The number of aromatic nitrogens is 2. The van der Waals surface area contributed by atoms with E-state index in [2.05, 4.69) is 10.4 Å². The molecule has 1 amide bonds. The van der Waals surface area contributed by atoms with Crippen molar-refractivity contribution < 1.29 is 13.2 Å². The average molecular weight is 362 g/mol. The van der Waals surface area contributed by atoms with E-state index in [4.69, 9.17) is 0 Å². The number of sulfonamides is 1. The summed E-state index contributed by atoms with van der Waals surface area (Å²) in [7, 11) is -1.82. The fourth-order valence-electron chi connectivity index (χ4n) is 2.97. The van der Waals surface area contributed by atoms with Gasteiger partial charge in [-0.2, -0.15) is 9.40 Å². The van der Waals surface area contributed by atoms with Gasteiger partial charge in [0.25, 0.3) is 5.91 Å². The van der Waals surface area contributed by atoms with Crippen molar-refractivity contribution in [3.05, 3.63) is 41.6 Å². The van der Waals surface area contributed by atoms with E-state index in [9.17, 15) is 13.2 Å². The highest BCUT2D eigenvalue weighted by molar-refractivity contribution is 7.89. The maximum absolute atomic E-state index is 12.8. The highest BCUT2D eigenvalue weighted by Crippen LogP contribution is 2.21. The van der Waals surface area contributed by atoms with Crippen molar-refractivity contribution in [1.29, 1.82) is 0 Å². The number of carbonyl (C=O) groups excluding carboxylic acids is 1. The number of nitrogens with one attached hydrogen (secondary N) is 1. The van der Waals surface area contributed by atoms with Gasteiger partial charge in [-0.15, -0.1) is 0 Å². The largest absolute Gasteiger partial charge is 0.307 e. The van der Waals surface area contributed by atoms with E-state index in [0.29, 0.717) is 24.5 Å². The smallest absolute Gasteiger partial charge is 0.256 e. The monoisotopic (exact) mass is 362 g/mol. The summed E-state index contributed by atoms with van der Waals surface area (Å²) < 4.78 is 28.6. The third-order valence-electron chi connectivity index (χ3n) is 4.29. The molecule has 1 aromatic carbocycles. The van der Waals surface area contributed by atoms with Gasteiger partial charge >= 0.3 is 0 Å². The normalized spacial score (nSPS) is 15.9. The van der Waals surface area contributed by atoms with Crippen molar-refractivity contribution in [2.24, 2.45) is 7.05 Å². The highest BCUT2D eigenvalue weighted by atomic mass is 32.2. The van der Waals surface area contributed by atoms with Crippen LogP contribution in [-0.4, -0.2) is 41.5 Å². The molecule has 8 heteroatoms. The van der Waals surface area contributed by atoms with Crippen LogP contribution >= 0.6 is 0 Å². The standard InChI is InChI=1S/C17H22N4O3S/c1-13-11-16(20(2)19-13)18-17(22)14-7-6-8-15(12-14)25(23,24)21-9-4-3-5-10-21/h6-8,11-12H,3-5,9-10H2,1-2H3,(H,18,22). The molecule has 0 spiro atoms. The summed E-state index contributed by atoms with van der Waals surface area (Å²) in [5.74, 6) is 0.200. The molecule has 1 aliphatic rings. The lowest BCUT2D eigenvalue weighted by Gasteiger charge is -2.26. The molecule has 0 aliphatic carbocycles. The Labute approximate surface area is 147 Å². The minimum absolute atomic E-state index is 0.156. The average Bonchev–Trinajstić information content (AvgIpc) is 2.93. The second-order valence-corrected chi connectivity index (χ2v) is 8.18. The predicted octanol–water partition coefficient (Wildman–Crippen LogP) is 2.16. The lowest BCUT2D eigenvalue weighted by molar-refractivity contribution is 0.102. The molecule has 1 N–H and O–H groups in total. The Bertz CT molecular complexity index is 883. The van der Waals surface area contributed by atoms with Crippen molar-refractivity contribution in [3.8, 4) is 0 Å². The predicted molar refractivity (Wildman–Crippen MR) is 95.0 cm³/mol. The van der Waals surface area contributed by atoms with Crippen LogP contribution in [0.1, 0.15) is 35.3 Å². The molecule has 3 rings (SSSR count). The van der Waals surface area contributed by atoms with Crippen LogP contribution in [-0.2, 0) is 17.1 Å². The molecule has 2 heterocycles. The SMILES string of the molecule is Cc1cc(NC(=O)c2cccc(S(=O)(=O)N3CCCCC3)c2)n(C)n1. The number of hydrogen-bond donors (Lipinski definition) is 1. The number of rotatable bonds is 4. The van der Waals surface area contributed by atoms with Crippen LogP contribution in [0, 0.1) is 6.92 Å². The van der Waals surface area contributed by atoms with Crippen LogP contribution in [0.5, 0.6) is 0 Å². The van der Waals surface area contributed by atoms with Crippen LogP contribution in [0.3, 0.4) is 0 Å². The minimum Gasteiger partial charge on any atom is -0.307 e. The van der Waals surface area contributed by atoms with Gasteiger partial charge in [0.2, 0.25) is 10.0 Å². The zero-order valence-electron chi connectivity index (χ0n) is 14.4. The second-order valence-electron chi connectivity index (χ2n) is 6.24. The topological polar surface area (TPSA) is 84.3 Å². The summed E-state index contributed by atoms with van der Waals surface area (Å²) in [5.41, 5.74) is 1.09. The molecule has 1 saturated heterocycles. The van der Waals surface area contributed by atoms with Crippen LogP contribution in [0.2, 0.25) is 0 Å². The van der Waals surface area contributed by atoms with Crippen LogP contribution < -0.4 is 5.32 Å². The Morgan fingerprint density at radius 1 is 1.16 bits per heavy atom. The summed E-state index contributed by atoms with van der Waals surface area (Å²) in [6.07, 6.45) is 2.80. The molecule has 2 aromatic rings. The van der Waals surface area contributed by atoms with Gasteiger partial charge in [-0.25, -0.2) is 8.42 Å². The molecular weight excluding hydrogens is 340 g/mol. The molecule has 0 atom stereocenters.